The number of hydrogen-bond acceptors (Lipinski definition) is 4. The number of carbonyl (C=O) groups excluding carboxylic acids is 1. The monoisotopic (exact) mass is 311 g/mol. The van der Waals surface area contributed by atoms with Crippen LogP contribution in [0.5, 0.6) is 0 Å². The Kier molecular flexibility index (Phi) is 4.80. The zero-order valence-corrected chi connectivity index (χ0v) is 12.6. The first-order valence-corrected chi connectivity index (χ1v) is 7.22. The molecule has 2 N–H and O–H groups in total. The number of piperidine rings is 1. The van der Waals surface area contributed by atoms with Crippen LogP contribution in [-0.2, 0) is 0 Å². The van der Waals surface area contributed by atoms with Crippen molar-refractivity contribution in [2.75, 3.05) is 19.6 Å². The normalized spacial score (nSPS) is 21.8. The van der Waals surface area contributed by atoms with Gasteiger partial charge in [0.25, 0.3) is 11.6 Å². The molecule has 7 heteroatoms. The van der Waals surface area contributed by atoms with Crippen molar-refractivity contribution in [2.24, 2.45) is 5.41 Å². The molecule has 114 valence electrons. The minimum atomic E-state index is -0.542. The summed E-state index contributed by atoms with van der Waals surface area (Å²) in [5.74, 6) is -0.379. The Hall–Kier alpha value is -1.66. The SMILES string of the molecule is CC1(CNC(=O)c2cc([N+](=O)[O-])ccc2Cl)CCCNC1. The van der Waals surface area contributed by atoms with E-state index in [4.69, 9.17) is 11.6 Å². The van der Waals surface area contributed by atoms with E-state index in [0.717, 1.165) is 25.9 Å². The highest BCUT2D eigenvalue weighted by Crippen LogP contribution is 2.25. The second-order valence-electron chi connectivity index (χ2n) is 5.69. The number of nitrogens with zero attached hydrogens (tertiary/aromatic N) is 1. The molecule has 1 atom stereocenters. The van der Waals surface area contributed by atoms with Crippen LogP contribution in [0.15, 0.2) is 18.2 Å². The molecule has 1 aliphatic heterocycles. The van der Waals surface area contributed by atoms with Crippen LogP contribution in [-0.4, -0.2) is 30.5 Å². The summed E-state index contributed by atoms with van der Waals surface area (Å²) < 4.78 is 0. The first-order valence-electron chi connectivity index (χ1n) is 6.84. The molecule has 0 spiro atoms. The number of nitro groups is 1. The molecule has 6 nitrogen and oxygen atoms in total. The molecule has 1 aliphatic rings. The highest BCUT2D eigenvalue weighted by atomic mass is 35.5. The maximum Gasteiger partial charge on any atom is 0.270 e. The van der Waals surface area contributed by atoms with Crippen molar-refractivity contribution >= 4 is 23.2 Å². The summed E-state index contributed by atoms with van der Waals surface area (Å²) in [6, 6.07) is 3.86. The van der Waals surface area contributed by atoms with Gasteiger partial charge in [0.2, 0.25) is 0 Å². The Morgan fingerprint density at radius 3 is 2.95 bits per heavy atom. The average molecular weight is 312 g/mol. The number of carbonyl (C=O) groups is 1. The van der Waals surface area contributed by atoms with Gasteiger partial charge < -0.3 is 10.6 Å². The van der Waals surface area contributed by atoms with Crippen molar-refractivity contribution in [1.29, 1.82) is 0 Å². The van der Waals surface area contributed by atoms with Crippen molar-refractivity contribution in [2.45, 2.75) is 19.8 Å². The van der Waals surface area contributed by atoms with Gasteiger partial charge in [-0.1, -0.05) is 18.5 Å². The van der Waals surface area contributed by atoms with Crippen LogP contribution in [0.4, 0.5) is 5.69 Å². The summed E-state index contributed by atoms with van der Waals surface area (Å²) in [4.78, 5) is 22.4. The molecule has 1 heterocycles. The molecule has 1 aromatic carbocycles. The molecule has 1 unspecified atom stereocenters. The summed E-state index contributed by atoms with van der Waals surface area (Å²) >= 11 is 5.96. The third-order valence-electron chi connectivity index (χ3n) is 3.77. The van der Waals surface area contributed by atoms with Crippen LogP contribution in [0.3, 0.4) is 0 Å². The van der Waals surface area contributed by atoms with Crippen molar-refractivity contribution in [3.8, 4) is 0 Å². The maximum atomic E-state index is 12.2. The molecule has 0 bridgehead atoms. The minimum Gasteiger partial charge on any atom is -0.351 e. The average Bonchev–Trinajstić information content (AvgIpc) is 2.46. The number of benzene rings is 1. The lowest BCUT2D eigenvalue weighted by atomic mass is 9.83. The van der Waals surface area contributed by atoms with E-state index in [1.54, 1.807) is 0 Å². The van der Waals surface area contributed by atoms with Crippen LogP contribution in [0, 0.1) is 15.5 Å². The molecule has 0 aromatic heterocycles. The molecule has 0 radical (unpaired) electrons. The third kappa shape index (κ3) is 3.92. The van der Waals surface area contributed by atoms with Crippen LogP contribution >= 0.6 is 11.6 Å². The fraction of sp³-hybridized carbons (Fsp3) is 0.500. The predicted octanol–water partition coefficient (Wildman–Crippen LogP) is 2.37. The fourth-order valence-corrected chi connectivity index (χ4v) is 2.66. The van der Waals surface area contributed by atoms with E-state index < -0.39 is 4.92 Å². The molecule has 2 rings (SSSR count). The summed E-state index contributed by atoms with van der Waals surface area (Å²) in [6.07, 6.45) is 2.10. The Morgan fingerprint density at radius 2 is 2.33 bits per heavy atom. The highest BCUT2D eigenvalue weighted by Gasteiger charge is 2.27. The number of hydrogen-bond donors (Lipinski definition) is 2. The molecular weight excluding hydrogens is 294 g/mol. The van der Waals surface area contributed by atoms with Crippen LogP contribution in [0.2, 0.25) is 5.02 Å². The van der Waals surface area contributed by atoms with Crippen molar-refractivity contribution in [3.63, 3.8) is 0 Å². The van der Waals surface area contributed by atoms with Gasteiger partial charge in [-0.05, 0) is 30.9 Å². The molecule has 1 saturated heterocycles. The van der Waals surface area contributed by atoms with Gasteiger partial charge in [0.15, 0.2) is 0 Å². The van der Waals surface area contributed by atoms with Gasteiger partial charge in [-0.3, -0.25) is 14.9 Å². The molecular formula is C14H18ClN3O3. The first kappa shape index (κ1) is 15.7. The number of amides is 1. The van der Waals surface area contributed by atoms with Gasteiger partial charge in [-0.15, -0.1) is 0 Å². The van der Waals surface area contributed by atoms with E-state index in [0.29, 0.717) is 6.54 Å². The molecule has 1 fully saturated rings. The Morgan fingerprint density at radius 1 is 1.57 bits per heavy atom. The van der Waals surface area contributed by atoms with Crippen LogP contribution in [0.25, 0.3) is 0 Å². The van der Waals surface area contributed by atoms with E-state index in [-0.39, 0.29) is 27.6 Å². The summed E-state index contributed by atoms with van der Waals surface area (Å²) in [5, 5.41) is 17.1. The maximum absolute atomic E-state index is 12.2. The lowest BCUT2D eigenvalue weighted by molar-refractivity contribution is -0.384. The largest absolute Gasteiger partial charge is 0.351 e. The third-order valence-corrected chi connectivity index (χ3v) is 4.10. The summed E-state index contributed by atoms with van der Waals surface area (Å²) in [7, 11) is 0. The van der Waals surface area contributed by atoms with Gasteiger partial charge in [0.05, 0.1) is 15.5 Å². The minimum absolute atomic E-state index is 0.00109. The molecule has 0 aliphatic carbocycles. The molecule has 1 amide bonds. The van der Waals surface area contributed by atoms with Crippen molar-refractivity contribution in [1.82, 2.24) is 10.6 Å². The lowest BCUT2D eigenvalue weighted by Crippen LogP contribution is -2.45. The van der Waals surface area contributed by atoms with E-state index in [2.05, 4.69) is 17.6 Å². The second-order valence-corrected chi connectivity index (χ2v) is 6.10. The summed E-state index contributed by atoms with van der Waals surface area (Å²) in [5.41, 5.74) is -0.00508. The van der Waals surface area contributed by atoms with E-state index in [9.17, 15) is 14.9 Å². The standard InChI is InChI=1S/C14H18ClN3O3/c1-14(5-2-6-16-8-14)9-17-13(19)11-7-10(18(20)21)3-4-12(11)15/h3-4,7,16H,2,5-6,8-9H2,1H3,(H,17,19). The number of halogens is 1. The van der Waals surface area contributed by atoms with E-state index >= 15 is 0 Å². The first-order chi connectivity index (χ1) is 9.91. The number of rotatable bonds is 4. The van der Waals surface area contributed by atoms with E-state index in [1.165, 1.54) is 18.2 Å². The zero-order chi connectivity index (χ0) is 15.5. The lowest BCUT2D eigenvalue weighted by Gasteiger charge is -2.34. The van der Waals surface area contributed by atoms with Gasteiger partial charge >= 0.3 is 0 Å². The Labute approximate surface area is 128 Å². The van der Waals surface area contributed by atoms with Crippen LogP contribution in [0.1, 0.15) is 30.1 Å². The highest BCUT2D eigenvalue weighted by molar-refractivity contribution is 6.33. The van der Waals surface area contributed by atoms with Crippen molar-refractivity contribution < 1.29 is 9.72 Å². The molecule has 1 aromatic rings. The number of nitrogens with one attached hydrogen (secondary N) is 2. The summed E-state index contributed by atoms with van der Waals surface area (Å²) in [6.45, 7) is 4.46. The van der Waals surface area contributed by atoms with Gasteiger partial charge in [0.1, 0.15) is 0 Å². The second kappa shape index (κ2) is 6.41. The van der Waals surface area contributed by atoms with Crippen molar-refractivity contribution in [3.05, 3.63) is 38.9 Å². The van der Waals surface area contributed by atoms with Gasteiger partial charge in [-0.25, -0.2) is 0 Å². The number of nitro benzene ring substituents is 1. The quantitative estimate of drug-likeness (QED) is 0.660. The fourth-order valence-electron chi connectivity index (χ4n) is 2.46. The molecule has 0 saturated carbocycles. The molecule has 21 heavy (non-hydrogen) atoms. The smallest absolute Gasteiger partial charge is 0.270 e. The zero-order valence-electron chi connectivity index (χ0n) is 11.8. The van der Waals surface area contributed by atoms with E-state index in [1.807, 2.05) is 0 Å². The number of non-ortho nitro benzene ring substituents is 1. The van der Waals surface area contributed by atoms with Gasteiger partial charge in [0, 0.05) is 25.2 Å². The topological polar surface area (TPSA) is 84.3 Å². The Bertz CT molecular complexity index is 556. The Balaban J connectivity index is 2.06. The predicted molar refractivity (Wildman–Crippen MR) is 80.7 cm³/mol. The van der Waals surface area contributed by atoms with Gasteiger partial charge in [-0.2, -0.15) is 0 Å². The van der Waals surface area contributed by atoms with Crippen LogP contribution < -0.4 is 10.6 Å².